The first-order valence-electron chi connectivity index (χ1n) is 6.34. The quantitative estimate of drug-likeness (QED) is 0.482. The summed E-state index contributed by atoms with van der Waals surface area (Å²) < 4.78 is 4.85. The number of imidazole rings is 1. The van der Waals surface area contributed by atoms with Gasteiger partial charge in [0.05, 0.1) is 23.6 Å². The van der Waals surface area contributed by atoms with Crippen molar-refractivity contribution < 1.29 is 14.3 Å². The summed E-state index contributed by atoms with van der Waals surface area (Å²) >= 11 is 13.0. The molecule has 0 atom stereocenters. The number of esters is 1. The van der Waals surface area contributed by atoms with Gasteiger partial charge in [-0.25, -0.2) is 9.78 Å². The summed E-state index contributed by atoms with van der Waals surface area (Å²) in [6.45, 7) is 2.01. The first-order chi connectivity index (χ1) is 10.5. The van der Waals surface area contributed by atoms with Gasteiger partial charge in [0.15, 0.2) is 10.9 Å². The monoisotopic (exact) mass is 358 g/mol. The number of ketones is 1. The maximum Gasteiger partial charge on any atom is 0.356 e. The summed E-state index contributed by atoms with van der Waals surface area (Å²) in [6.07, 6.45) is 1.38. The largest absolute Gasteiger partial charge is 0.461 e. The van der Waals surface area contributed by atoms with E-state index in [0.29, 0.717) is 20.8 Å². The van der Waals surface area contributed by atoms with Crippen molar-refractivity contribution in [2.45, 2.75) is 12.1 Å². The Morgan fingerprint density at radius 2 is 2.14 bits per heavy atom. The van der Waals surface area contributed by atoms with Crippen LogP contribution in [0, 0.1) is 0 Å². The van der Waals surface area contributed by atoms with Crippen LogP contribution in [0.25, 0.3) is 0 Å². The molecule has 1 aromatic heterocycles. The fourth-order valence-corrected chi connectivity index (χ4v) is 2.86. The lowest BCUT2D eigenvalue weighted by Crippen LogP contribution is -2.05. The summed E-state index contributed by atoms with van der Waals surface area (Å²) in [6, 6.07) is 4.71. The van der Waals surface area contributed by atoms with Crippen molar-refractivity contribution in [1.29, 1.82) is 0 Å². The van der Waals surface area contributed by atoms with E-state index in [4.69, 9.17) is 27.9 Å². The van der Waals surface area contributed by atoms with Gasteiger partial charge in [-0.05, 0) is 25.1 Å². The lowest BCUT2D eigenvalue weighted by molar-refractivity contribution is 0.0519. The minimum atomic E-state index is -0.478. The molecule has 0 saturated heterocycles. The average Bonchev–Trinajstić information content (AvgIpc) is 2.94. The lowest BCUT2D eigenvalue weighted by Gasteiger charge is -2.03. The molecule has 0 unspecified atom stereocenters. The Kier molecular flexibility index (Phi) is 5.88. The van der Waals surface area contributed by atoms with Gasteiger partial charge in [-0.3, -0.25) is 4.79 Å². The normalized spacial score (nSPS) is 10.5. The van der Waals surface area contributed by atoms with Gasteiger partial charge in [-0.1, -0.05) is 35.0 Å². The molecule has 0 aliphatic heterocycles. The van der Waals surface area contributed by atoms with E-state index < -0.39 is 5.97 Å². The van der Waals surface area contributed by atoms with Crippen LogP contribution in [-0.4, -0.2) is 34.1 Å². The van der Waals surface area contributed by atoms with Gasteiger partial charge in [0.25, 0.3) is 0 Å². The first kappa shape index (κ1) is 16.9. The van der Waals surface area contributed by atoms with E-state index in [1.807, 2.05) is 0 Å². The highest BCUT2D eigenvalue weighted by atomic mass is 35.5. The van der Waals surface area contributed by atoms with Gasteiger partial charge in [0.2, 0.25) is 0 Å². The minimum absolute atomic E-state index is 0.136. The van der Waals surface area contributed by atoms with E-state index in [0.717, 1.165) is 0 Å². The summed E-state index contributed by atoms with van der Waals surface area (Å²) in [5.74, 6) is -0.494. The molecule has 2 aromatic rings. The standard InChI is InChI=1S/C14H12Cl2N2O3S/c1-2-21-13(20)11-6-17-14(18-11)22-7-12(19)9-4-3-8(15)5-10(9)16/h3-6H,2,7H2,1H3,(H,17,18). The molecule has 1 aromatic carbocycles. The molecule has 0 aliphatic rings. The zero-order chi connectivity index (χ0) is 16.1. The predicted molar refractivity (Wildman–Crippen MR) is 86.1 cm³/mol. The molecule has 0 aliphatic carbocycles. The number of halogens is 2. The van der Waals surface area contributed by atoms with Gasteiger partial charge in [0.1, 0.15) is 5.69 Å². The summed E-state index contributed by atoms with van der Waals surface area (Å²) in [5, 5.41) is 1.24. The zero-order valence-electron chi connectivity index (χ0n) is 11.6. The van der Waals surface area contributed by atoms with E-state index in [2.05, 4.69) is 9.97 Å². The van der Waals surface area contributed by atoms with Gasteiger partial charge >= 0.3 is 5.97 Å². The topological polar surface area (TPSA) is 72.0 Å². The number of thioether (sulfide) groups is 1. The third kappa shape index (κ3) is 4.25. The van der Waals surface area contributed by atoms with Crippen molar-refractivity contribution >= 4 is 46.7 Å². The molecule has 1 heterocycles. The van der Waals surface area contributed by atoms with Crippen molar-refractivity contribution in [1.82, 2.24) is 9.97 Å². The maximum atomic E-state index is 12.1. The van der Waals surface area contributed by atoms with Crippen LogP contribution in [0.2, 0.25) is 10.0 Å². The Hall–Kier alpha value is -1.50. The van der Waals surface area contributed by atoms with Crippen LogP contribution in [-0.2, 0) is 4.74 Å². The summed E-state index contributed by atoms with van der Waals surface area (Å²) in [5.41, 5.74) is 0.650. The number of hydrogen-bond donors (Lipinski definition) is 1. The number of H-pyrrole nitrogens is 1. The smallest absolute Gasteiger partial charge is 0.356 e. The van der Waals surface area contributed by atoms with E-state index in [1.165, 1.54) is 24.0 Å². The van der Waals surface area contributed by atoms with Crippen LogP contribution in [0.5, 0.6) is 0 Å². The van der Waals surface area contributed by atoms with E-state index in [-0.39, 0.29) is 23.8 Å². The number of nitrogens with zero attached hydrogens (tertiary/aromatic N) is 1. The fourth-order valence-electron chi connectivity index (χ4n) is 1.62. The maximum absolute atomic E-state index is 12.1. The molecule has 0 spiro atoms. The molecule has 116 valence electrons. The van der Waals surface area contributed by atoms with Crippen LogP contribution >= 0.6 is 35.0 Å². The van der Waals surface area contributed by atoms with Gasteiger partial charge in [-0.15, -0.1) is 0 Å². The molecular formula is C14H12Cl2N2O3S. The first-order valence-corrected chi connectivity index (χ1v) is 8.08. The second kappa shape index (κ2) is 7.67. The number of hydrogen-bond acceptors (Lipinski definition) is 5. The van der Waals surface area contributed by atoms with Crippen LogP contribution in [0.3, 0.4) is 0 Å². The van der Waals surface area contributed by atoms with Crippen molar-refractivity contribution in [3.05, 3.63) is 45.7 Å². The van der Waals surface area contributed by atoms with Gasteiger partial charge in [0, 0.05) is 10.6 Å². The number of Topliss-reactive ketones (excluding diaryl/α,β-unsaturated/α-hetero) is 1. The number of benzene rings is 1. The molecule has 0 bridgehead atoms. The Morgan fingerprint density at radius 3 is 2.82 bits per heavy atom. The molecule has 2 rings (SSSR count). The Balaban J connectivity index is 1.98. The average molecular weight is 359 g/mol. The Morgan fingerprint density at radius 1 is 1.36 bits per heavy atom. The van der Waals surface area contributed by atoms with Crippen LogP contribution < -0.4 is 0 Å². The Labute approximate surface area is 141 Å². The number of rotatable bonds is 6. The van der Waals surface area contributed by atoms with Crippen molar-refractivity contribution in [3.8, 4) is 0 Å². The zero-order valence-corrected chi connectivity index (χ0v) is 13.9. The molecule has 0 fully saturated rings. The second-order valence-electron chi connectivity index (χ2n) is 4.16. The molecule has 5 nitrogen and oxygen atoms in total. The van der Waals surface area contributed by atoms with Crippen molar-refractivity contribution in [3.63, 3.8) is 0 Å². The number of aromatic nitrogens is 2. The fraction of sp³-hybridized carbons (Fsp3) is 0.214. The molecule has 1 N–H and O–H groups in total. The van der Waals surface area contributed by atoms with E-state index >= 15 is 0 Å². The molecule has 22 heavy (non-hydrogen) atoms. The third-order valence-corrected chi connectivity index (χ3v) is 4.05. The lowest BCUT2D eigenvalue weighted by atomic mass is 10.1. The third-order valence-electron chi connectivity index (χ3n) is 2.62. The number of carbonyl (C=O) groups is 2. The number of aromatic amines is 1. The second-order valence-corrected chi connectivity index (χ2v) is 5.97. The van der Waals surface area contributed by atoms with Crippen LogP contribution in [0.15, 0.2) is 29.6 Å². The SMILES string of the molecule is CCOC(=O)c1cnc(SCC(=O)c2ccc(Cl)cc2Cl)[nH]1. The molecule has 0 radical (unpaired) electrons. The number of ether oxygens (including phenoxy) is 1. The minimum Gasteiger partial charge on any atom is -0.461 e. The predicted octanol–water partition coefficient (Wildman–Crippen LogP) is 3.87. The van der Waals surface area contributed by atoms with E-state index in [1.54, 1.807) is 19.1 Å². The summed E-state index contributed by atoms with van der Waals surface area (Å²) in [4.78, 5) is 30.4. The highest BCUT2D eigenvalue weighted by Gasteiger charge is 2.14. The highest BCUT2D eigenvalue weighted by Crippen LogP contribution is 2.23. The number of carbonyl (C=O) groups excluding carboxylic acids is 2. The van der Waals surface area contributed by atoms with Gasteiger partial charge in [-0.2, -0.15) is 0 Å². The van der Waals surface area contributed by atoms with Crippen LogP contribution in [0.4, 0.5) is 0 Å². The highest BCUT2D eigenvalue weighted by molar-refractivity contribution is 7.99. The molecule has 0 amide bonds. The van der Waals surface area contributed by atoms with Crippen molar-refractivity contribution in [2.24, 2.45) is 0 Å². The summed E-state index contributed by atoms with van der Waals surface area (Å²) in [7, 11) is 0. The Bertz CT molecular complexity index is 703. The molecule has 0 saturated carbocycles. The van der Waals surface area contributed by atoms with Crippen molar-refractivity contribution in [2.75, 3.05) is 12.4 Å². The molecule has 8 heteroatoms. The molecular weight excluding hydrogens is 347 g/mol. The number of nitrogens with one attached hydrogen (secondary N) is 1. The van der Waals surface area contributed by atoms with Crippen LogP contribution in [0.1, 0.15) is 27.8 Å². The van der Waals surface area contributed by atoms with E-state index in [9.17, 15) is 9.59 Å². The van der Waals surface area contributed by atoms with Gasteiger partial charge < -0.3 is 9.72 Å².